The fourth-order valence-electron chi connectivity index (χ4n) is 7.73. The van der Waals surface area contributed by atoms with Crippen molar-refractivity contribution in [2.45, 2.75) is 0 Å². The van der Waals surface area contributed by atoms with Crippen LogP contribution in [0, 0.1) is 0 Å². The van der Waals surface area contributed by atoms with Gasteiger partial charge in [0.1, 0.15) is 22.3 Å². The van der Waals surface area contributed by atoms with Gasteiger partial charge in [-0.3, -0.25) is 0 Å². The van der Waals surface area contributed by atoms with E-state index >= 15 is 0 Å². The number of anilines is 3. The number of benzene rings is 8. The quantitative estimate of drug-likeness (QED) is 0.189. The van der Waals surface area contributed by atoms with Crippen LogP contribution in [0.5, 0.6) is 0 Å². The van der Waals surface area contributed by atoms with E-state index in [2.05, 4.69) is 157 Å². The standard InChI is InChI=1S/C46H27NO2S/c1-2-12-33-28(9-1)19-23-38-45-39(15-8-17-41(45)49-46(33)38)47(32-21-24-35-34-13-3-5-16-40(34)48-42(35)27-32)31-11-7-10-29(25-31)30-20-22-37-36-14-4-6-18-43(36)50-44(37)26-30/h1-27H. The van der Waals surface area contributed by atoms with Gasteiger partial charge >= 0.3 is 0 Å². The fraction of sp³-hybridized carbons (Fsp3) is 0. The molecule has 0 N–H and O–H groups in total. The third kappa shape index (κ3) is 4.09. The number of fused-ring (bicyclic) bond motifs is 11. The summed E-state index contributed by atoms with van der Waals surface area (Å²) in [6.07, 6.45) is 0. The summed E-state index contributed by atoms with van der Waals surface area (Å²) in [6, 6.07) is 58.4. The molecule has 0 spiro atoms. The van der Waals surface area contributed by atoms with Gasteiger partial charge in [-0.05, 0) is 77.2 Å². The van der Waals surface area contributed by atoms with Crippen LogP contribution < -0.4 is 4.90 Å². The van der Waals surface area contributed by atoms with Crippen LogP contribution in [0.2, 0.25) is 0 Å². The summed E-state index contributed by atoms with van der Waals surface area (Å²) in [5.41, 5.74) is 8.97. The van der Waals surface area contributed by atoms with Crippen LogP contribution in [-0.4, -0.2) is 0 Å². The molecule has 0 amide bonds. The minimum absolute atomic E-state index is 0.857. The van der Waals surface area contributed by atoms with Crippen LogP contribution in [-0.2, 0) is 0 Å². The van der Waals surface area contributed by atoms with Gasteiger partial charge in [0.15, 0.2) is 0 Å². The average molecular weight is 658 g/mol. The first-order valence-corrected chi connectivity index (χ1v) is 17.6. The summed E-state index contributed by atoms with van der Waals surface area (Å²) in [6.45, 7) is 0. The van der Waals surface area contributed by atoms with Crippen molar-refractivity contribution in [3.8, 4) is 11.1 Å². The van der Waals surface area contributed by atoms with E-state index in [1.165, 1.54) is 25.7 Å². The molecule has 0 fully saturated rings. The third-order valence-corrected chi connectivity index (χ3v) is 11.2. The van der Waals surface area contributed by atoms with Gasteiger partial charge in [-0.1, -0.05) is 97.1 Å². The summed E-state index contributed by atoms with van der Waals surface area (Å²) in [7, 11) is 0. The van der Waals surface area contributed by atoms with Gasteiger partial charge < -0.3 is 13.7 Å². The van der Waals surface area contributed by atoms with Crippen molar-refractivity contribution in [2.24, 2.45) is 0 Å². The Balaban J connectivity index is 1.15. The number of rotatable bonds is 4. The molecular weight excluding hydrogens is 631 g/mol. The zero-order valence-electron chi connectivity index (χ0n) is 26.8. The zero-order valence-corrected chi connectivity index (χ0v) is 27.6. The van der Waals surface area contributed by atoms with Crippen LogP contribution in [0.1, 0.15) is 0 Å². The highest BCUT2D eigenvalue weighted by Gasteiger charge is 2.22. The van der Waals surface area contributed by atoms with E-state index in [0.29, 0.717) is 0 Å². The molecule has 0 saturated carbocycles. The number of nitrogens with zero attached hydrogens (tertiary/aromatic N) is 1. The molecule has 3 aromatic heterocycles. The average Bonchev–Trinajstić information content (AvgIpc) is 3.86. The maximum atomic E-state index is 6.65. The molecule has 0 aliphatic heterocycles. The molecule has 0 bridgehead atoms. The summed E-state index contributed by atoms with van der Waals surface area (Å²) in [5.74, 6) is 0. The Morgan fingerprint density at radius 1 is 0.400 bits per heavy atom. The number of hydrogen-bond acceptors (Lipinski definition) is 4. The number of thiophene rings is 1. The van der Waals surface area contributed by atoms with Crippen LogP contribution in [0.3, 0.4) is 0 Å². The van der Waals surface area contributed by atoms with Gasteiger partial charge in [0.2, 0.25) is 0 Å². The van der Waals surface area contributed by atoms with Crippen molar-refractivity contribution in [3.63, 3.8) is 0 Å². The summed E-state index contributed by atoms with van der Waals surface area (Å²) < 4.78 is 15.7. The molecule has 234 valence electrons. The van der Waals surface area contributed by atoms with Crippen LogP contribution >= 0.6 is 11.3 Å². The second kappa shape index (κ2) is 10.6. The lowest BCUT2D eigenvalue weighted by Gasteiger charge is -2.26. The Hall–Kier alpha value is -6.36. The first-order chi connectivity index (χ1) is 24.8. The van der Waals surface area contributed by atoms with Crippen LogP contribution in [0.15, 0.2) is 173 Å². The predicted molar refractivity (Wildman–Crippen MR) is 212 cm³/mol. The zero-order chi connectivity index (χ0) is 32.8. The van der Waals surface area contributed by atoms with Crippen molar-refractivity contribution < 1.29 is 8.83 Å². The monoisotopic (exact) mass is 657 g/mol. The first kappa shape index (κ1) is 27.6. The lowest BCUT2D eigenvalue weighted by atomic mass is 10.0. The van der Waals surface area contributed by atoms with Crippen molar-refractivity contribution in [3.05, 3.63) is 164 Å². The van der Waals surface area contributed by atoms with Crippen molar-refractivity contribution in [2.75, 3.05) is 4.90 Å². The van der Waals surface area contributed by atoms with Crippen molar-refractivity contribution >= 4 is 103 Å². The number of hydrogen-bond donors (Lipinski definition) is 0. The molecule has 0 aliphatic rings. The van der Waals surface area contributed by atoms with Gasteiger partial charge in [0, 0.05) is 59.2 Å². The highest BCUT2D eigenvalue weighted by molar-refractivity contribution is 7.25. The highest BCUT2D eigenvalue weighted by Crippen LogP contribution is 2.46. The van der Waals surface area contributed by atoms with Gasteiger partial charge in [0.25, 0.3) is 0 Å². The second-order valence-electron chi connectivity index (χ2n) is 12.9. The van der Waals surface area contributed by atoms with E-state index in [-0.39, 0.29) is 0 Å². The molecule has 0 unspecified atom stereocenters. The van der Waals surface area contributed by atoms with Crippen LogP contribution in [0.25, 0.3) is 85.9 Å². The molecule has 50 heavy (non-hydrogen) atoms. The molecule has 11 aromatic rings. The van der Waals surface area contributed by atoms with E-state index in [9.17, 15) is 0 Å². The lowest BCUT2D eigenvalue weighted by Crippen LogP contribution is -2.10. The van der Waals surface area contributed by atoms with Gasteiger partial charge in [-0.25, -0.2) is 0 Å². The largest absolute Gasteiger partial charge is 0.456 e. The molecular formula is C46H27NO2S. The van der Waals surface area contributed by atoms with Gasteiger partial charge in [-0.15, -0.1) is 11.3 Å². The summed E-state index contributed by atoms with van der Waals surface area (Å²) in [5, 5.41) is 9.29. The van der Waals surface area contributed by atoms with E-state index in [1.807, 2.05) is 23.5 Å². The van der Waals surface area contributed by atoms with Crippen molar-refractivity contribution in [1.82, 2.24) is 0 Å². The molecule has 0 aliphatic carbocycles. The Morgan fingerprint density at radius 3 is 2.06 bits per heavy atom. The third-order valence-electron chi connectivity index (χ3n) is 10.0. The maximum absolute atomic E-state index is 6.65. The van der Waals surface area contributed by atoms with Crippen LogP contribution in [0.4, 0.5) is 17.1 Å². The fourth-order valence-corrected chi connectivity index (χ4v) is 8.88. The van der Waals surface area contributed by atoms with E-state index < -0.39 is 0 Å². The second-order valence-corrected chi connectivity index (χ2v) is 14.0. The molecule has 0 atom stereocenters. The molecule has 4 heteroatoms. The summed E-state index contributed by atoms with van der Waals surface area (Å²) >= 11 is 1.85. The van der Waals surface area contributed by atoms with Crippen molar-refractivity contribution in [1.29, 1.82) is 0 Å². The Bertz CT molecular complexity index is 3130. The van der Waals surface area contributed by atoms with Gasteiger partial charge in [0.05, 0.1) is 11.1 Å². The van der Waals surface area contributed by atoms with E-state index in [1.54, 1.807) is 0 Å². The summed E-state index contributed by atoms with van der Waals surface area (Å²) in [4.78, 5) is 2.35. The van der Waals surface area contributed by atoms with E-state index in [0.717, 1.165) is 77.3 Å². The first-order valence-electron chi connectivity index (χ1n) is 16.8. The number of furan rings is 2. The molecule has 0 saturated heterocycles. The normalized spacial score (nSPS) is 12.0. The topological polar surface area (TPSA) is 29.5 Å². The SMILES string of the molecule is c1cc(-c2ccc3c(c2)sc2ccccc23)cc(N(c2ccc3c(c2)oc2ccccc23)c2cccc3oc4c5ccccc5ccc4c23)c1. The Labute approximate surface area is 290 Å². The molecule has 8 aromatic carbocycles. The number of para-hydroxylation sites is 1. The minimum atomic E-state index is 0.857. The molecule has 3 nitrogen and oxygen atoms in total. The Morgan fingerprint density at radius 2 is 1.10 bits per heavy atom. The van der Waals surface area contributed by atoms with E-state index in [4.69, 9.17) is 8.83 Å². The Kier molecular flexibility index (Phi) is 5.83. The predicted octanol–water partition coefficient (Wildman–Crippen LogP) is 14.1. The lowest BCUT2D eigenvalue weighted by molar-refractivity contribution is 0.669. The smallest absolute Gasteiger partial charge is 0.143 e. The highest BCUT2D eigenvalue weighted by atomic mass is 32.1. The molecule has 11 rings (SSSR count). The molecule has 3 heterocycles. The molecule has 0 radical (unpaired) electrons. The van der Waals surface area contributed by atoms with Gasteiger partial charge in [-0.2, -0.15) is 0 Å². The minimum Gasteiger partial charge on any atom is -0.456 e. The maximum Gasteiger partial charge on any atom is 0.143 e.